The van der Waals surface area contributed by atoms with Crippen molar-refractivity contribution in [2.24, 2.45) is 0 Å². The Balaban J connectivity index is 1.44. The third-order valence-corrected chi connectivity index (χ3v) is 4.93. The number of hydrogen-bond donors (Lipinski definition) is 2. The van der Waals surface area contributed by atoms with Gasteiger partial charge in [-0.1, -0.05) is 0 Å². The molecule has 0 saturated carbocycles. The van der Waals surface area contributed by atoms with Gasteiger partial charge in [0.1, 0.15) is 12.9 Å². The number of aromatic nitrogens is 5. The lowest BCUT2D eigenvalue weighted by molar-refractivity contribution is -0.141. The molecule has 164 valence electrons. The van der Waals surface area contributed by atoms with Gasteiger partial charge in [-0.2, -0.15) is 18.3 Å². The fraction of sp³-hybridized carbons (Fsp3) is 0.368. The number of pyridine rings is 1. The fourth-order valence-electron chi connectivity index (χ4n) is 3.41. The Morgan fingerprint density at radius 1 is 1.32 bits per heavy atom. The third kappa shape index (κ3) is 4.58. The van der Waals surface area contributed by atoms with E-state index in [0.717, 1.165) is 41.9 Å². The molecule has 2 N–H and O–H groups in total. The number of imidazole rings is 1. The zero-order valence-corrected chi connectivity index (χ0v) is 16.4. The summed E-state index contributed by atoms with van der Waals surface area (Å²) in [5.41, 5.74) is -0.0361. The van der Waals surface area contributed by atoms with E-state index in [1.54, 1.807) is 6.20 Å². The molecule has 0 aliphatic carbocycles. The standard InChI is InChI=1S/C19H19F4N7O/c1-11-5-16(19(21,22)23)28-30(11)9-17(31)27-12-6-13(20)18(25-7-12)29-8-15(26-10-29)14-3-2-4-24-14/h5-8,10,14,24H,2-4,9H2,1H3,(H,27,31). The maximum Gasteiger partial charge on any atom is 0.435 e. The molecule has 1 unspecified atom stereocenters. The van der Waals surface area contributed by atoms with Gasteiger partial charge in [0, 0.05) is 18.0 Å². The van der Waals surface area contributed by atoms with Crippen molar-refractivity contribution in [2.75, 3.05) is 11.9 Å². The smallest absolute Gasteiger partial charge is 0.323 e. The SMILES string of the molecule is Cc1cc(C(F)(F)F)nn1CC(=O)Nc1cnc(-n2cnc(C3CCCN3)c2)c(F)c1. The number of alkyl halides is 3. The first kappa shape index (κ1) is 21.0. The van der Waals surface area contributed by atoms with Gasteiger partial charge in [0.05, 0.1) is 23.6 Å². The van der Waals surface area contributed by atoms with E-state index >= 15 is 0 Å². The first-order valence-corrected chi connectivity index (χ1v) is 9.55. The van der Waals surface area contributed by atoms with Gasteiger partial charge in [0.15, 0.2) is 17.3 Å². The number of halogens is 4. The van der Waals surface area contributed by atoms with Crippen molar-refractivity contribution in [3.8, 4) is 5.82 Å². The fourth-order valence-corrected chi connectivity index (χ4v) is 3.41. The molecule has 0 radical (unpaired) electrons. The number of rotatable bonds is 5. The molecule has 4 rings (SSSR count). The van der Waals surface area contributed by atoms with Crippen LogP contribution >= 0.6 is 0 Å². The van der Waals surface area contributed by atoms with Crippen molar-refractivity contribution in [2.45, 2.75) is 38.5 Å². The van der Waals surface area contributed by atoms with Gasteiger partial charge in [0.25, 0.3) is 0 Å². The summed E-state index contributed by atoms with van der Waals surface area (Å²) in [5, 5.41) is 9.12. The highest BCUT2D eigenvalue weighted by Crippen LogP contribution is 2.28. The summed E-state index contributed by atoms with van der Waals surface area (Å²) >= 11 is 0. The van der Waals surface area contributed by atoms with E-state index in [1.807, 2.05) is 0 Å². The number of nitrogens with zero attached hydrogens (tertiary/aromatic N) is 5. The van der Waals surface area contributed by atoms with Crippen molar-refractivity contribution in [1.29, 1.82) is 0 Å². The predicted octanol–water partition coefficient (Wildman–Crippen LogP) is 2.99. The molecule has 31 heavy (non-hydrogen) atoms. The van der Waals surface area contributed by atoms with Crippen molar-refractivity contribution in [1.82, 2.24) is 29.6 Å². The van der Waals surface area contributed by atoms with E-state index in [1.165, 1.54) is 24.0 Å². The third-order valence-electron chi connectivity index (χ3n) is 4.93. The molecule has 0 bridgehead atoms. The van der Waals surface area contributed by atoms with Crippen molar-refractivity contribution >= 4 is 11.6 Å². The lowest BCUT2D eigenvalue weighted by atomic mass is 10.2. The van der Waals surface area contributed by atoms with Crippen LogP contribution in [0.2, 0.25) is 0 Å². The predicted molar refractivity (Wildman–Crippen MR) is 102 cm³/mol. The van der Waals surface area contributed by atoms with Gasteiger partial charge < -0.3 is 10.6 Å². The second-order valence-electron chi connectivity index (χ2n) is 7.26. The number of amides is 1. The normalized spacial score (nSPS) is 16.6. The molecule has 4 heterocycles. The zero-order chi connectivity index (χ0) is 22.2. The number of carbonyl (C=O) groups excluding carboxylic acids is 1. The molecule has 1 amide bonds. The molecule has 1 aliphatic heterocycles. The van der Waals surface area contributed by atoms with E-state index in [4.69, 9.17) is 0 Å². The lowest BCUT2D eigenvalue weighted by Crippen LogP contribution is -2.21. The van der Waals surface area contributed by atoms with Crippen molar-refractivity contribution in [3.63, 3.8) is 0 Å². The molecule has 0 aromatic carbocycles. The van der Waals surface area contributed by atoms with Crippen LogP contribution in [0.4, 0.5) is 23.2 Å². The Kier molecular flexibility index (Phi) is 5.48. The van der Waals surface area contributed by atoms with Crippen LogP contribution < -0.4 is 10.6 Å². The number of carbonyl (C=O) groups is 1. The molecule has 1 atom stereocenters. The second-order valence-corrected chi connectivity index (χ2v) is 7.26. The van der Waals surface area contributed by atoms with Crippen LogP contribution in [0.15, 0.2) is 30.9 Å². The Morgan fingerprint density at radius 3 is 2.77 bits per heavy atom. The number of aryl methyl sites for hydroxylation is 1. The first-order valence-electron chi connectivity index (χ1n) is 9.55. The summed E-state index contributed by atoms with van der Waals surface area (Å²) in [6.07, 6.45) is 1.84. The summed E-state index contributed by atoms with van der Waals surface area (Å²) in [6, 6.07) is 2.07. The molecule has 1 aliphatic rings. The van der Waals surface area contributed by atoms with Gasteiger partial charge in [-0.05, 0) is 32.4 Å². The summed E-state index contributed by atoms with van der Waals surface area (Å²) in [4.78, 5) is 20.5. The Morgan fingerprint density at radius 2 is 2.13 bits per heavy atom. The largest absolute Gasteiger partial charge is 0.435 e. The van der Waals surface area contributed by atoms with Crippen LogP contribution in [0.1, 0.15) is 36.0 Å². The van der Waals surface area contributed by atoms with E-state index in [2.05, 4.69) is 25.7 Å². The molecule has 1 saturated heterocycles. The minimum Gasteiger partial charge on any atom is -0.323 e. The van der Waals surface area contributed by atoms with Crippen molar-refractivity contribution in [3.05, 3.63) is 53.8 Å². The van der Waals surface area contributed by atoms with Crippen LogP contribution in [0.5, 0.6) is 0 Å². The van der Waals surface area contributed by atoms with Gasteiger partial charge in [-0.25, -0.2) is 14.4 Å². The molecule has 1 fully saturated rings. The Bertz CT molecular complexity index is 1100. The summed E-state index contributed by atoms with van der Waals surface area (Å²) in [5.74, 6) is -1.32. The average Bonchev–Trinajstić information content (AvgIpc) is 3.42. The van der Waals surface area contributed by atoms with Crippen LogP contribution in [0, 0.1) is 12.7 Å². The molecule has 3 aromatic heterocycles. The topological polar surface area (TPSA) is 89.7 Å². The number of nitrogens with one attached hydrogen (secondary N) is 2. The Hall–Kier alpha value is -3.28. The maximum absolute atomic E-state index is 14.6. The van der Waals surface area contributed by atoms with E-state index in [-0.39, 0.29) is 23.2 Å². The average molecular weight is 437 g/mol. The van der Waals surface area contributed by atoms with Gasteiger partial charge in [-0.3, -0.25) is 14.0 Å². The molecule has 8 nitrogen and oxygen atoms in total. The minimum atomic E-state index is -4.60. The highest BCUT2D eigenvalue weighted by molar-refractivity contribution is 5.90. The van der Waals surface area contributed by atoms with Gasteiger partial charge in [0.2, 0.25) is 5.91 Å². The maximum atomic E-state index is 14.6. The molecule has 0 spiro atoms. The molecule has 3 aromatic rings. The summed E-state index contributed by atoms with van der Waals surface area (Å²) in [7, 11) is 0. The number of anilines is 1. The van der Waals surface area contributed by atoms with Crippen LogP contribution in [-0.4, -0.2) is 36.8 Å². The monoisotopic (exact) mass is 437 g/mol. The summed E-state index contributed by atoms with van der Waals surface area (Å²) < 4.78 is 55.2. The highest BCUT2D eigenvalue weighted by atomic mass is 19.4. The zero-order valence-electron chi connectivity index (χ0n) is 16.4. The number of hydrogen-bond acceptors (Lipinski definition) is 5. The van der Waals surface area contributed by atoms with E-state index < -0.39 is 30.1 Å². The van der Waals surface area contributed by atoms with Crippen LogP contribution in [-0.2, 0) is 17.5 Å². The molecular formula is C19H19F4N7O. The van der Waals surface area contributed by atoms with E-state index in [9.17, 15) is 22.4 Å². The van der Waals surface area contributed by atoms with Gasteiger partial charge in [-0.15, -0.1) is 0 Å². The second kappa shape index (κ2) is 8.10. The van der Waals surface area contributed by atoms with E-state index in [0.29, 0.717) is 0 Å². The molecule has 12 heteroatoms. The quantitative estimate of drug-likeness (QED) is 0.599. The summed E-state index contributed by atoms with van der Waals surface area (Å²) in [6.45, 7) is 1.87. The van der Waals surface area contributed by atoms with Crippen LogP contribution in [0.3, 0.4) is 0 Å². The minimum absolute atomic E-state index is 0.0208. The van der Waals surface area contributed by atoms with Crippen LogP contribution in [0.25, 0.3) is 5.82 Å². The first-order chi connectivity index (χ1) is 14.7. The van der Waals surface area contributed by atoms with Crippen molar-refractivity contribution < 1.29 is 22.4 Å². The lowest BCUT2D eigenvalue weighted by Gasteiger charge is -2.09. The Labute approximate surface area is 174 Å². The highest BCUT2D eigenvalue weighted by Gasteiger charge is 2.34. The van der Waals surface area contributed by atoms with Gasteiger partial charge >= 0.3 is 6.18 Å². The molecular weight excluding hydrogens is 418 g/mol.